The number of aliphatic hydroxyl groups is 1. The topological polar surface area (TPSA) is 78.6 Å². The molecule has 0 aliphatic heterocycles. The van der Waals surface area contributed by atoms with Gasteiger partial charge in [0.25, 0.3) is 5.69 Å². The predicted molar refractivity (Wildman–Crippen MR) is 70.7 cm³/mol. The van der Waals surface area contributed by atoms with Crippen LogP contribution in [0.5, 0.6) is 0 Å². The number of anilines is 1. The molecule has 0 spiro atoms. The summed E-state index contributed by atoms with van der Waals surface area (Å²) in [7, 11) is 3.53. The molecule has 6 heteroatoms. The smallest absolute Gasteiger partial charge is 0.292 e. The van der Waals surface area contributed by atoms with Crippen molar-refractivity contribution in [1.29, 1.82) is 0 Å². The second-order valence-electron chi connectivity index (χ2n) is 4.31. The lowest BCUT2D eigenvalue weighted by Gasteiger charge is -2.22. The average Bonchev–Trinajstić information content (AvgIpc) is 2.37. The van der Waals surface area contributed by atoms with Gasteiger partial charge in [-0.1, -0.05) is 6.07 Å². The van der Waals surface area contributed by atoms with E-state index in [0.29, 0.717) is 12.2 Å². The minimum absolute atomic E-state index is 0.0213. The summed E-state index contributed by atoms with van der Waals surface area (Å²) in [6.45, 7) is 2.52. The Bertz CT molecular complexity index is 423. The van der Waals surface area contributed by atoms with Gasteiger partial charge in [0.1, 0.15) is 5.69 Å². The molecule has 0 aliphatic carbocycles. The molecule has 0 saturated carbocycles. The van der Waals surface area contributed by atoms with Crippen molar-refractivity contribution in [2.75, 3.05) is 26.0 Å². The van der Waals surface area contributed by atoms with Gasteiger partial charge in [0.15, 0.2) is 0 Å². The Morgan fingerprint density at radius 3 is 2.72 bits per heavy atom. The molecule has 0 fully saturated rings. The maximum absolute atomic E-state index is 10.9. The number of likely N-dealkylation sites (N-methyl/N-ethyl adjacent to an activating group) is 1. The number of benzene rings is 1. The minimum atomic E-state index is -0.398. The van der Waals surface area contributed by atoms with Gasteiger partial charge >= 0.3 is 0 Å². The minimum Gasteiger partial charge on any atom is -0.395 e. The van der Waals surface area contributed by atoms with E-state index in [1.807, 2.05) is 24.9 Å². The van der Waals surface area contributed by atoms with Crippen LogP contribution in [0.25, 0.3) is 0 Å². The number of nitrogens with one attached hydrogen (secondary N) is 1. The van der Waals surface area contributed by atoms with Crippen LogP contribution in [0.15, 0.2) is 18.2 Å². The van der Waals surface area contributed by atoms with Crippen molar-refractivity contribution in [3.63, 3.8) is 0 Å². The summed E-state index contributed by atoms with van der Waals surface area (Å²) in [5.41, 5.74) is 1.42. The summed E-state index contributed by atoms with van der Waals surface area (Å²) >= 11 is 0. The second-order valence-corrected chi connectivity index (χ2v) is 4.31. The van der Waals surface area contributed by atoms with Crippen LogP contribution in [-0.2, 0) is 6.54 Å². The van der Waals surface area contributed by atoms with E-state index in [2.05, 4.69) is 5.32 Å². The highest BCUT2D eigenvalue weighted by Crippen LogP contribution is 2.25. The Hall–Kier alpha value is -1.66. The van der Waals surface area contributed by atoms with Crippen LogP contribution in [0.4, 0.5) is 11.4 Å². The third-order valence-corrected chi connectivity index (χ3v) is 2.98. The number of nitro groups is 1. The van der Waals surface area contributed by atoms with Gasteiger partial charge in [-0.15, -0.1) is 0 Å². The zero-order valence-electron chi connectivity index (χ0n) is 10.9. The van der Waals surface area contributed by atoms with E-state index in [1.165, 1.54) is 0 Å². The van der Waals surface area contributed by atoms with Crippen LogP contribution >= 0.6 is 0 Å². The van der Waals surface area contributed by atoms with Crippen molar-refractivity contribution < 1.29 is 10.0 Å². The highest BCUT2D eigenvalue weighted by atomic mass is 16.6. The van der Waals surface area contributed by atoms with E-state index < -0.39 is 4.92 Å². The fraction of sp³-hybridized carbons (Fsp3) is 0.500. The fourth-order valence-corrected chi connectivity index (χ4v) is 1.62. The van der Waals surface area contributed by atoms with E-state index in [4.69, 9.17) is 5.11 Å². The number of nitrogens with zero attached hydrogens (tertiary/aromatic N) is 2. The zero-order chi connectivity index (χ0) is 13.7. The molecule has 0 aromatic heterocycles. The second kappa shape index (κ2) is 6.32. The van der Waals surface area contributed by atoms with Crippen LogP contribution < -0.4 is 5.32 Å². The van der Waals surface area contributed by atoms with E-state index in [9.17, 15) is 10.1 Å². The Morgan fingerprint density at radius 1 is 1.56 bits per heavy atom. The summed E-state index contributed by atoms with van der Waals surface area (Å²) in [6.07, 6.45) is 0. The molecular weight excluding hydrogens is 234 g/mol. The van der Waals surface area contributed by atoms with Gasteiger partial charge in [0.2, 0.25) is 0 Å². The fourth-order valence-electron chi connectivity index (χ4n) is 1.62. The van der Waals surface area contributed by atoms with E-state index in [1.54, 1.807) is 19.2 Å². The molecular formula is C12H19N3O3. The average molecular weight is 253 g/mol. The molecule has 0 amide bonds. The largest absolute Gasteiger partial charge is 0.395 e. The number of hydrogen-bond donors (Lipinski definition) is 2. The molecule has 1 unspecified atom stereocenters. The normalized spacial score (nSPS) is 12.5. The first kappa shape index (κ1) is 14.4. The Balaban J connectivity index is 2.91. The third kappa shape index (κ3) is 3.41. The predicted octanol–water partition coefficient (Wildman–Crippen LogP) is 1.45. The Labute approximate surface area is 106 Å². The molecule has 0 aliphatic rings. The van der Waals surface area contributed by atoms with E-state index in [-0.39, 0.29) is 18.3 Å². The van der Waals surface area contributed by atoms with Crippen LogP contribution in [0.3, 0.4) is 0 Å². The van der Waals surface area contributed by atoms with Crippen molar-refractivity contribution in [3.8, 4) is 0 Å². The summed E-state index contributed by atoms with van der Waals surface area (Å²) in [5, 5.41) is 22.8. The lowest BCUT2D eigenvalue weighted by molar-refractivity contribution is -0.384. The summed E-state index contributed by atoms with van der Waals surface area (Å²) < 4.78 is 0. The molecule has 100 valence electrons. The van der Waals surface area contributed by atoms with Crippen molar-refractivity contribution in [1.82, 2.24) is 4.90 Å². The van der Waals surface area contributed by atoms with Gasteiger partial charge in [-0.3, -0.25) is 15.0 Å². The van der Waals surface area contributed by atoms with Crippen LogP contribution in [0.1, 0.15) is 12.5 Å². The molecule has 1 rings (SSSR count). The van der Waals surface area contributed by atoms with Crippen molar-refractivity contribution in [2.24, 2.45) is 0 Å². The molecule has 2 N–H and O–H groups in total. The summed E-state index contributed by atoms with van der Waals surface area (Å²) in [6, 6.07) is 5.13. The van der Waals surface area contributed by atoms with Gasteiger partial charge in [-0.25, -0.2) is 0 Å². The number of nitro benzene ring substituents is 1. The summed E-state index contributed by atoms with van der Waals surface area (Å²) in [4.78, 5) is 12.5. The quantitative estimate of drug-likeness (QED) is 0.592. The third-order valence-electron chi connectivity index (χ3n) is 2.98. The molecule has 1 atom stereocenters. The Kier molecular flexibility index (Phi) is 5.06. The number of hydrogen-bond acceptors (Lipinski definition) is 5. The highest BCUT2D eigenvalue weighted by molar-refractivity contribution is 5.62. The van der Waals surface area contributed by atoms with Gasteiger partial charge < -0.3 is 10.4 Å². The molecule has 1 aromatic rings. The first-order chi connectivity index (χ1) is 8.49. The summed E-state index contributed by atoms with van der Waals surface area (Å²) in [5.74, 6) is 0. The molecule has 0 saturated heterocycles. The molecule has 18 heavy (non-hydrogen) atoms. The van der Waals surface area contributed by atoms with E-state index >= 15 is 0 Å². The molecule has 0 heterocycles. The lowest BCUT2D eigenvalue weighted by atomic mass is 10.1. The first-order valence-electron chi connectivity index (χ1n) is 5.75. The molecule has 0 radical (unpaired) electrons. The maximum Gasteiger partial charge on any atom is 0.292 e. The number of aliphatic hydroxyl groups excluding tert-OH is 1. The molecule has 6 nitrogen and oxygen atoms in total. The van der Waals surface area contributed by atoms with Crippen molar-refractivity contribution >= 4 is 11.4 Å². The SMILES string of the molecule is CNc1ccc(CN(C)C(C)CO)cc1[N+](=O)[O-]. The van der Waals surface area contributed by atoms with Gasteiger partial charge in [0, 0.05) is 25.7 Å². The first-order valence-corrected chi connectivity index (χ1v) is 5.75. The monoisotopic (exact) mass is 253 g/mol. The number of rotatable bonds is 6. The van der Waals surface area contributed by atoms with Crippen LogP contribution in [0, 0.1) is 10.1 Å². The van der Waals surface area contributed by atoms with E-state index in [0.717, 1.165) is 5.56 Å². The van der Waals surface area contributed by atoms with Crippen LogP contribution in [-0.4, -0.2) is 41.7 Å². The molecule has 1 aromatic carbocycles. The van der Waals surface area contributed by atoms with Crippen molar-refractivity contribution in [2.45, 2.75) is 19.5 Å². The lowest BCUT2D eigenvalue weighted by Crippen LogP contribution is -2.31. The maximum atomic E-state index is 10.9. The highest BCUT2D eigenvalue weighted by Gasteiger charge is 2.15. The van der Waals surface area contributed by atoms with Gasteiger partial charge in [-0.2, -0.15) is 0 Å². The Morgan fingerprint density at radius 2 is 2.22 bits per heavy atom. The van der Waals surface area contributed by atoms with Gasteiger partial charge in [-0.05, 0) is 25.6 Å². The zero-order valence-corrected chi connectivity index (χ0v) is 10.9. The standard InChI is InChI=1S/C12H19N3O3/c1-9(8-16)14(3)7-10-4-5-11(13-2)12(6-10)15(17)18/h4-6,9,13,16H,7-8H2,1-3H3. The molecule has 0 bridgehead atoms. The van der Waals surface area contributed by atoms with Crippen LogP contribution in [0.2, 0.25) is 0 Å². The van der Waals surface area contributed by atoms with Crippen molar-refractivity contribution in [3.05, 3.63) is 33.9 Å². The van der Waals surface area contributed by atoms with Gasteiger partial charge in [0.05, 0.1) is 11.5 Å².